The second-order valence-electron chi connectivity index (χ2n) is 14.1. The summed E-state index contributed by atoms with van der Waals surface area (Å²) in [6, 6.07) is 0. The number of rotatable bonds is 38. The first-order valence-corrected chi connectivity index (χ1v) is 21.2. The summed E-state index contributed by atoms with van der Waals surface area (Å²) < 4.78 is 11.0. The first-order valence-electron chi connectivity index (χ1n) is 20.7. The van der Waals surface area contributed by atoms with E-state index in [1.807, 2.05) is 0 Å². The second kappa shape index (κ2) is 38.0. The molecule has 0 aliphatic heterocycles. The Bertz CT molecular complexity index is 651. The third kappa shape index (κ3) is 34.8. The van der Waals surface area contributed by atoms with E-state index >= 15 is 0 Å². The van der Waals surface area contributed by atoms with Crippen LogP contribution in [0.1, 0.15) is 207 Å². The normalized spacial score (nSPS) is 11.5. The molecule has 47 heavy (non-hydrogen) atoms. The molecule has 0 heterocycles. The highest BCUT2D eigenvalue weighted by Crippen LogP contribution is 2.22. The van der Waals surface area contributed by atoms with Gasteiger partial charge in [-0.1, -0.05) is 149 Å². The molecule has 0 saturated heterocycles. The lowest BCUT2D eigenvalue weighted by Crippen LogP contribution is -2.28. The van der Waals surface area contributed by atoms with Crippen molar-refractivity contribution in [3.05, 3.63) is 0 Å². The van der Waals surface area contributed by atoms with Gasteiger partial charge < -0.3 is 14.4 Å². The minimum Gasteiger partial charge on any atom is -0.466 e. The highest BCUT2D eigenvalue weighted by molar-refractivity contribution is 6.18. The van der Waals surface area contributed by atoms with Crippen molar-refractivity contribution in [1.29, 1.82) is 0 Å². The van der Waals surface area contributed by atoms with E-state index in [1.165, 1.54) is 128 Å². The number of esters is 2. The number of ether oxygens (including phenoxy) is 2. The zero-order valence-electron chi connectivity index (χ0n) is 31.8. The fourth-order valence-electron chi connectivity index (χ4n) is 6.47. The van der Waals surface area contributed by atoms with Gasteiger partial charge in [0.05, 0.1) is 13.2 Å². The molecule has 5 nitrogen and oxygen atoms in total. The van der Waals surface area contributed by atoms with Gasteiger partial charge >= 0.3 is 11.9 Å². The summed E-state index contributed by atoms with van der Waals surface area (Å²) in [5.74, 6) is 1.42. The standard InChI is InChI=1S/C41H80ClNO4/c1-4-7-10-11-12-13-14-18-26-37-46-40(44)32-23-19-25-35-43(36-33-42)34-24-17-15-16-22-31-41(45)47-38-27-30-39(28-20-8-5-2)29-21-9-6-3/h39H,4-38H2,1-3H3. The Hall–Kier alpha value is -0.810. The van der Waals surface area contributed by atoms with E-state index in [0.29, 0.717) is 31.9 Å². The van der Waals surface area contributed by atoms with Crippen molar-refractivity contribution in [2.24, 2.45) is 5.92 Å². The van der Waals surface area contributed by atoms with E-state index in [0.717, 1.165) is 70.5 Å². The van der Waals surface area contributed by atoms with Crippen LogP contribution in [0.2, 0.25) is 0 Å². The largest absolute Gasteiger partial charge is 0.466 e. The smallest absolute Gasteiger partial charge is 0.305 e. The van der Waals surface area contributed by atoms with Gasteiger partial charge in [0.25, 0.3) is 0 Å². The predicted octanol–water partition coefficient (Wildman–Crippen LogP) is 12.6. The lowest BCUT2D eigenvalue weighted by Gasteiger charge is -2.21. The molecule has 0 aromatic carbocycles. The van der Waals surface area contributed by atoms with Gasteiger partial charge in [0, 0.05) is 25.3 Å². The minimum atomic E-state index is -0.0325. The molecule has 0 rings (SSSR count). The van der Waals surface area contributed by atoms with Crippen LogP contribution in [0.25, 0.3) is 0 Å². The lowest BCUT2D eigenvalue weighted by atomic mass is 9.91. The molecule has 0 saturated carbocycles. The Balaban J connectivity index is 3.73. The van der Waals surface area contributed by atoms with Crippen molar-refractivity contribution < 1.29 is 19.1 Å². The summed E-state index contributed by atoms with van der Waals surface area (Å²) in [4.78, 5) is 26.7. The SMILES string of the molecule is CCCCCCCCCCCOC(=O)CCCCCN(CCCl)CCCCCCCC(=O)OCCCC(CCCCC)CCCCC. The topological polar surface area (TPSA) is 55.8 Å². The van der Waals surface area contributed by atoms with Gasteiger partial charge in [-0.05, 0) is 64.0 Å². The highest BCUT2D eigenvalue weighted by Gasteiger charge is 2.10. The van der Waals surface area contributed by atoms with Crippen LogP contribution >= 0.6 is 11.6 Å². The van der Waals surface area contributed by atoms with Crippen LogP contribution in [0.4, 0.5) is 0 Å². The first kappa shape index (κ1) is 46.2. The molecule has 0 spiro atoms. The van der Waals surface area contributed by atoms with Gasteiger partial charge in [-0.3, -0.25) is 9.59 Å². The summed E-state index contributed by atoms with van der Waals surface area (Å²) in [7, 11) is 0. The predicted molar refractivity (Wildman–Crippen MR) is 203 cm³/mol. The second-order valence-corrected chi connectivity index (χ2v) is 14.5. The Morgan fingerprint density at radius 2 is 0.851 bits per heavy atom. The first-order chi connectivity index (χ1) is 23.1. The number of carbonyl (C=O) groups is 2. The number of unbranched alkanes of at least 4 members (excludes halogenated alkanes) is 18. The maximum atomic E-state index is 12.2. The molecule has 0 aromatic rings. The Morgan fingerprint density at radius 1 is 0.468 bits per heavy atom. The summed E-state index contributed by atoms with van der Waals surface area (Å²) in [5.41, 5.74) is 0. The van der Waals surface area contributed by atoms with Gasteiger partial charge in [-0.2, -0.15) is 0 Å². The van der Waals surface area contributed by atoms with E-state index in [1.54, 1.807) is 0 Å². The highest BCUT2D eigenvalue weighted by atomic mass is 35.5. The number of hydrogen-bond donors (Lipinski definition) is 0. The molecule has 0 aromatic heterocycles. The van der Waals surface area contributed by atoms with Crippen LogP contribution < -0.4 is 0 Å². The molecule has 6 heteroatoms. The fraction of sp³-hybridized carbons (Fsp3) is 0.951. The molecule has 0 unspecified atom stereocenters. The summed E-state index contributed by atoms with van der Waals surface area (Å²) in [6.07, 6.45) is 34.1. The molecular weight excluding hydrogens is 606 g/mol. The lowest BCUT2D eigenvalue weighted by molar-refractivity contribution is -0.144. The van der Waals surface area contributed by atoms with Crippen molar-refractivity contribution in [1.82, 2.24) is 4.90 Å². The molecule has 0 N–H and O–H groups in total. The van der Waals surface area contributed by atoms with E-state index in [-0.39, 0.29) is 11.9 Å². The zero-order valence-corrected chi connectivity index (χ0v) is 32.5. The van der Waals surface area contributed by atoms with Crippen molar-refractivity contribution in [3.8, 4) is 0 Å². The quantitative estimate of drug-likeness (QED) is 0.0368. The van der Waals surface area contributed by atoms with Crippen LogP contribution in [0.15, 0.2) is 0 Å². The maximum Gasteiger partial charge on any atom is 0.305 e. The molecule has 0 aliphatic carbocycles. The zero-order chi connectivity index (χ0) is 34.5. The van der Waals surface area contributed by atoms with Gasteiger partial charge in [0.1, 0.15) is 0 Å². The molecule has 0 bridgehead atoms. The summed E-state index contributed by atoms with van der Waals surface area (Å²) >= 11 is 6.07. The molecule has 0 amide bonds. The van der Waals surface area contributed by atoms with E-state index in [9.17, 15) is 9.59 Å². The Morgan fingerprint density at radius 3 is 1.36 bits per heavy atom. The molecular formula is C41H80ClNO4. The average molecular weight is 687 g/mol. The van der Waals surface area contributed by atoms with Gasteiger partial charge in [-0.15, -0.1) is 11.6 Å². The maximum absolute atomic E-state index is 12.2. The molecule has 0 radical (unpaired) electrons. The number of hydrogen-bond acceptors (Lipinski definition) is 5. The average Bonchev–Trinajstić information content (AvgIpc) is 3.06. The Kier molecular flexibility index (Phi) is 37.3. The van der Waals surface area contributed by atoms with Crippen molar-refractivity contribution in [3.63, 3.8) is 0 Å². The third-order valence-electron chi connectivity index (χ3n) is 9.57. The van der Waals surface area contributed by atoms with Crippen LogP contribution in [0.3, 0.4) is 0 Å². The molecule has 0 aliphatic rings. The van der Waals surface area contributed by atoms with Gasteiger partial charge in [0.15, 0.2) is 0 Å². The van der Waals surface area contributed by atoms with Crippen molar-refractivity contribution in [2.75, 3.05) is 38.7 Å². The molecule has 0 fully saturated rings. The molecule has 0 atom stereocenters. The number of nitrogens with zero attached hydrogens (tertiary/aromatic N) is 1. The molecule has 280 valence electrons. The van der Waals surface area contributed by atoms with E-state index < -0.39 is 0 Å². The van der Waals surface area contributed by atoms with E-state index in [2.05, 4.69) is 25.7 Å². The fourth-order valence-corrected chi connectivity index (χ4v) is 6.71. The van der Waals surface area contributed by atoms with Crippen LogP contribution in [-0.2, 0) is 19.1 Å². The van der Waals surface area contributed by atoms with Crippen molar-refractivity contribution in [2.45, 2.75) is 207 Å². The van der Waals surface area contributed by atoms with E-state index in [4.69, 9.17) is 21.1 Å². The van der Waals surface area contributed by atoms with Crippen LogP contribution in [0, 0.1) is 5.92 Å². The van der Waals surface area contributed by atoms with Gasteiger partial charge in [-0.25, -0.2) is 0 Å². The van der Waals surface area contributed by atoms with Crippen molar-refractivity contribution >= 4 is 23.5 Å². The van der Waals surface area contributed by atoms with Crippen LogP contribution in [0.5, 0.6) is 0 Å². The third-order valence-corrected chi connectivity index (χ3v) is 9.74. The summed E-state index contributed by atoms with van der Waals surface area (Å²) in [6.45, 7) is 11.0. The van der Waals surface area contributed by atoms with Gasteiger partial charge in [0.2, 0.25) is 0 Å². The Labute approximate surface area is 298 Å². The number of halogens is 1. The summed E-state index contributed by atoms with van der Waals surface area (Å²) in [5, 5.41) is 0. The van der Waals surface area contributed by atoms with Crippen LogP contribution in [-0.4, -0.2) is 55.6 Å². The monoisotopic (exact) mass is 686 g/mol. The number of alkyl halides is 1. The minimum absolute atomic E-state index is 0.0149. The number of carbonyl (C=O) groups excluding carboxylic acids is 2.